The summed E-state index contributed by atoms with van der Waals surface area (Å²) in [6, 6.07) is 8.52. The first-order valence-corrected chi connectivity index (χ1v) is 5.36. The topological polar surface area (TPSA) is 36.7 Å². The highest BCUT2D eigenvalue weighted by molar-refractivity contribution is 5.83. The van der Waals surface area contributed by atoms with E-state index in [1.54, 1.807) is 0 Å². The number of hydrogen-bond acceptors (Lipinski definition) is 2. The first-order valence-electron chi connectivity index (χ1n) is 5.36. The Labute approximate surface area is 95.6 Å². The minimum atomic E-state index is 0.384. The Balaban J connectivity index is 2.75. The second kappa shape index (κ2) is 3.94. The normalized spacial score (nSPS) is 10.4. The van der Waals surface area contributed by atoms with Gasteiger partial charge in [-0.05, 0) is 49.6 Å². The van der Waals surface area contributed by atoms with Crippen LogP contribution in [0.3, 0.4) is 0 Å². The number of fused-ring (bicyclic) bond motifs is 1. The molecule has 0 fully saturated rings. The molecule has 0 aliphatic carbocycles. The molecule has 2 heteroatoms. The van der Waals surface area contributed by atoms with Gasteiger partial charge in [0, 0.05) is 5.39 Å². The van der Waals surface area contributed by atoms with Crippen LogP contribution in [0.1, 0.15) is 22.4 Å². The van der Waals surface area contributed by atoms with Crippen molar-refractivity contribution in [1.82, 2.24) is 4.98 Å². The molecule has 0 radical (unpaired) electrons. The highest BCUT2D eigenvalue weighted by Crippen LogP contribution is 2.21. The molecular formula is C14H14N2. The zero-order valence-corrected chi connectivity index (χ0v) is 9.83. The van der Waals surface area contributed by atoms with Crippen LogP contribution in [-0.4, -0.2) is 4.98 Å². The quantitative estimate of drug-likeness (QED) is 0.724. The van der Waals surface area contributed by atoms with E-state index in [1.807, 2.05) is 6.92 Å². The predicted molar refractivity (Wildman–Crippen MR) is 65.3 cm³/mol. The highest BCUT2D eigenvalue weighted by atomic mass is 14.7. The molecule has 16 heavy (non-hydrogen) atoms. The summed E-state index contributed by atoms with van der Waals surface area (Å²) in [5.74, 6) is 0. The second-order valence-corrected chi connectivity index (χ2v) is 4.24. The van der Waals surface area contributed by atoms with Gasteiger partial charge in [-0.15, -0.1) is 0 Å². The summed E-state index contributed by atoms with van der Waals surface area (Å²) < 4.78 is 0. The Kier molecular flexibility index (Phi) is 2.62. The van der Waals surface area contributed by atoms with Crippen LogP contribution >= 0.6 is 0 Å². The molecule has 0 atom stereocenters. The average Bonchev–Trinajstić information content (AvgIpc) is 2.21. The predicted octanol–water partition coefficient (Wildman–Crippen LogP) is 3.23. The Morgan fingerprint density at radius 1 is 1.12 bits per heavy atom. The smallest absolute Gasteiger partial charge is 0.0777 e. The first-order chi connectivity index (χ1) is 7.61. The van der Waals surface area contributed by atoms with Crippen LogP contribution in [0.2, 0.25) is 0 Å². The second-order valence-electron chi connectivity index (χ2n) is 4.24. The summed E-state index contributed by atoms with van der Waals surface area (Å²) in [5, 5.41) is 9.92. The minimum Gasteiger partial charge on any atom is -0.251 e. The third-order valence-electron chi connectivity index (χ3n) is 2.83. The number of nitrogens with zero attached hydrogens (tertiary/aromatic N) is 2. The van der Waals surface area contributed by atoms with Gasteiger partial charge in [-0.3, -0.25) is 4.98 Å². The number of nitriles is 1. The van der Waals surface area contributed by atoms with Crippen molar-refractivity contribution in [2.75, 3.05) is 0 Å². The molecule has 2 nitrogen and oxygen atoms in total. The van der Waals surface area contributed by atoms with Crippen LogP contribution in [0.4, 0.5) is 0 Å². The van der Waals surface area contributed by atoms with Crippen molar-refractivity contribution >= 4 is 10.9 Å². The van der Waals surface area contributed by atoms with Gasteiger partial charge in [0.1, 0.15) is 0 Å². The monoisotopic (exact) mass is 210 g/mol. The number of rotatable bonds is 1. The lowest BCUT2D eigenvalue weighted by Gasteiger charge is -2.07. The molecule has 80 valence electrons. The molecule has 0 spiro atoms. The van der Waals surface area contributed by atoms with Gasteiger partial charge in [-0.2, -0.15) is 5.26 Å². The summed E-state index contributed by atoms with van der Waals surface area (Å²) in [6.45, 7) is 6.18. The number of hydrogen-bond donors (Lipinski definition) is 0. The van der Waals surface area contributed by atoms with Crippen molar-refractivity contribution in [3.8, 4) is 6.07 Å². The Bertz CT molecular complexity index is 592. The van der Waals surface area contributed by atoms with E-state index in [0.717, 1.165) is 16.8 Å². The van der Waals surface area contributed by atoms with Gasteiger partial charge in [-0.1, -0.05) is 6.07 Å². The fourth-order valence-corrected chi connectivity index (χ4v) is 2.02. The van der Waals surface area contributed by atoms with Crippen LogP contribution in [0.5, 0.6) is 0 Å². The molecule has 0 saturated heterocycles. The highest BCUT2D eigenvalue weighted by Gasteiger charge is 2.05. The van der Waals surface area contributed by atoms with Crippen molar-refractivity contribution in [2.24, 2.45) is 0 Å². The van der Waals surface area contributed by atoms with Gasteiger partial charge in [0.2, 0.25) is 0 Å². The van der Waals surface area contributed by atoms with E-state index in [-0.39, 0.29) is 0 Å². The van der Waals surface area contributed by atoms with Crippen LogP contribution in [-0.2, 0) is 6.42 Å². The molecule has 1 aromatic heterocycles. The van der Waals surface area contributed by atoms with Gasteiger partial charge in [0.15, 0.2) is 0 Å². The maximum absolute atomic E-state index is 8.74. The van der Waals surface area contributed by atoms with Crippen LogP contribution in [0, 0.1) is 32.1 Å². The molecule has 0 N–H and O–H groups in total. The van der Waals surface area contributed by atoms with E-state index in [4.69, 9.17) is 5.26 Å². The number of benzene rings is 1. The van der Waals surface area contributed by atoms with Crippen molar-refractivity contribution < 1.29 is 0 Å². The Morgan fingerprint density at radius 3 is 2.56 bits per heavy atom. The number of pyridine rings is 1. The van der Waals surface area contributed by atoms with Crippen molar-refractivity contribution in [3.63, 3.8) is 0 Å². The van der Waals surface area contributed by atoms with Gasteiger partial charge in [-0.25, -0.2) is 0 Å². The van der Waals surface area contributed by atoms with Crippen molar-refractivity contribution in [3.05, 3.63) is 40.6 Å². The Hall–Kier alpha value is -1.88. The number of aryl methyl sites for hydroxylation is 3. The van der Waals surface area contributed by atoms with Gasteiger partial charge < -0.3 is 0 Å². The summed E-state index contributed by atoms with van der Waals surface area (Å²) in [7, 11) is 0. The summed E-state index contributed by atoms with van der Waals surface area (Å²) >= 11 is 0. The maximum atomic E-state index is 8.74. The zero-order valence-electron chi connectivity index (χ0n) is 9.83. The molecule has 0 unspecified atom stereocenters. The van der Waals surface area contributed by atoms with Crippen LogP contribution in [0.15, 0.2) is 18.2 Å². The lowest BCUT2D eigenvalue weighted by molar-refractivity contribution is 1.11. The molecule has 0 amide bonds. The van der Waals surface area contributed by atoms with Gasteiger partial charge in [0.05, 0.1) is 23.7 Å². The zero-order chi connectivity index (χ0) is 11.7. The van der Waals surface area contributed by atoms with E-state index < -0.39 is 0 Å². The van der Waals surface area contributed by atoms with Crippen molar-refractivity contribution in [1.29, 1.82) is 5.26 Å². The number of aromatic nitrogens is 1. The third kappa shape index (κ3) is 1.77. The van der Waals surface area contributed by atoms with Crippen LogP contribution in [0.25, 0.3) is 10.9 Å². The molecule has 0 saturated carbocycles. The lowest BCUT2D eigenvalue weighted by Crippen LogP contribution is -1.95. The van der Waals surface area contributed by atoms with E-state index in [1.165, 1.54) is 16.5 Å². The van der Waals surface area contributed by atoms with Crippen molar-refractivity contribution in [2.45, 2.75) is 27.2 Å². The SMILES string of the molecule is Cc1cc(C)c2cc(C)c(CC#N)nc2c1. The summed E-state index contributed by atoms with van der Waals surface area (Å²) in [4.78, 5) is 4.56. The summed E-state index contributed by atoms with van der Waals surface area (Å²) in [5.41, 5.74) is 5.44. The van der Waals surface area contributed by atoms with E-state index in [9.17, 15) is 0 Å². The standard InChI is InChI=1S/C14H14N2/c1-9-6-10(2)12-8-11(3)13(4-5-15)16-14(12)7-9/h6-8H,4H2,1-3H3. The lowest BCUT2D eigenvalue weighted by atomic mass is 10.0. The molecule has 2 aromatic rings. The maximum Gasteiger partial charge on any atom is 0.0777 e. The molecular weight excluding hydrogens is 196 g/mol. The first kappa shape index (κ1) is 10.6. The molecule has 0 aliphatic heterocycles. The third-order valence-corrected chi connectivity index (χ3v) is 2.83. The average molecular weight is 210 g/mol. The van der Waals surface area contributed by atoms with E-state index >= 15 is 0 Å². The molecule has 0 aliphatic rings. The fourth-order valence-electron chi connectivity index (χ4n) is 2.02. The minimum absolute atomic E-state index is 0.384. The largest absolute Gasteiger partial charge is 0.251 e. The van der Waals surface area contributed by atoms with Gasteiger partial charge in [0.25, 0.3) is 0 Å². The fraction of sp³-hybridized carbons (Fsp3) is 0.286. The van der Waals surface area contributed by atoms with Crippen LogP contribution < -0.4 is 0 Å². The molecule has 2 rings (SSSR count). The Morgan fingerprint density at radius 2 is 1.88 bits per heavy atom. The molecule has 1 heterocycles. The molecule has 1 aromatic carbocycles. The van der Waals surface area contributed by atoms with Gasteiger partial charge >= 0.3 is 0 Å². The van der Waals surface area contributed by atoms with E-state index in [0.29, 0.717) is 6.42 Å². The summed E-state index contributed by atoms with van der Waals surface area (Å²) in [6.07, 6.45) is 0.384. The molecule has 0 bridgehead atoms. The van der Waals surface area contributed by atoms with E-state index in [2.05, 4.69) is 43.1 Å².